The average Bonchev–Trinajstić information content (AvgIpc) is 3.61. The van der Waals surface area contributed by atoms with E-state index in [-0.39, 0.29) is 17.6 Å². The number of hydrogen-bond acceptors (Lipinski definition) is 7. The highest BCUT2D eigenvalue weighted by Gasteiger charge is 2.45. The molecule has 2 heterocycles. The van der Waals surface area contributed by atoms with Crippen molar-refractivity contribution in [3.05, 3.63) is 54.8 Å². The van der Waals surface area contributed by atoms with Gasteiger partial charge in [-0.25, -0.2) is 4.98 Å². The first-order chi connectivity index (χ1) is 20.3. The quantitative estimate of drug-likeness (QED) is 0.361. The number of nitrogens with zero attached hydrogens (tertiary/aromatic N) is 3. The van der Waals surface area contributed by atoms with Gasteiger partial charge in [0.2, 0.25) is 11.8 Å². The van der Waals surface area contributed by atoms with Crippen molar-refractivity contribution in [2.24, 2.45) is 5.92 Å². The number of halogens is 2. The molecule has 2 aromatic carbocycles. The molecule has 222 valence electrons. The molecule has 0 unspecified atom stereocenters. The second kappa shape index (κ2) is 13.5. The van der Waals surface area contributed by atoms with E-state index in [1.165, 1.54) is 18.6 Å². The van der Waals surface area contributed by atoms with Crippen molar-refractivity contribution in [2.75, 3.05) is 29.5 Å². The first-order valence-corrected chi connectivity index (χ1v) is 15.8. The van der Waals surface area contributed by atoms with E-state index in [0.717, 1.165) is 62.9 Å². The Balaban J connectivity index is 0.000000211. The van der Waals surface area contributed by atoms with E-state index in [1.807, 2.05) is 24.3 Å². The molecule has 1 aliphatic heterocycles. The van der Waals surface area contributed by atoms with E-state index < -0.39 is 22.9 Å². The topological polar surface area (TPSA) is 108 Å². The Kier molecular flexibility index (Phi) is 9.52. The summed E-state index contributed by atoms with van der Waals surface area (Å²) >= 11 is 0. The molecule has 0 radical (unpaired) electrons. The number of aromatic nitrogens is 1. The fourth-order valence-corrected chi connectivity index (χ4v) is 6.20. The van der Waals surface area contributed by atoms with E-state index >= 15 is 0 Å². The molecular formula is C31H34F2N4O4S. The molecule has 2 saturated carbocycles. The fraction of sp³-hybridized carbons (Fsp3) is 0.452. The summed E-state index contributed by atoms with van der Waals surface area (Å²) < 4.78 is 45.8. The number of nitrogens with one attached hydrogen (secondary N) is 1. The fourth-order valence-electron chi connectivity index (χ4n) is 5.15. The van der Waals surface area contributed by atoms with Gasteiger partial charge in [0.05, 0.1) is 6.07 Å². The lowest BCUT2D eigenvalue weighted by Crippen LogP contribution is -2.40. The van der Waals surface area contributed by atoms with Gasteiger partial charge in [-0.1, -0.05) is 31.4 Å². The normalized spacial score (nSPS) is 18.5. The molecule has 3 fully saturated rings. The molecule has 1 saturated heterocycles. The van der Waals surface area contributed by atoms with E-state index in [4.69, 9.17) is 9.68 Å². The highest BCUT2D eigenvalue weighted by atomic mass is 32.2. The van der Waals surface area contributed by atoms with Gasteiger partial charge < -0.3 is 19.4 Å². The smallest absolute Gasteiger partial charge is 0.387 e. The van der Waals surface area contributed by atoms with Crippen LogP contribution in [0.15, 0.2) is 59.2 Å². The molecule has 3 aromatic rings. The summed E-state index contributed by atoms with van der Waals surface area (Å²) in [6, 6.07) is 16.3. The predicted octanol–water partition coefficient (Wildman–Crippen LogP) is 5.92. The van der Waals surface area contributed by atoms with Crippen molar-refractivity contribution in [1.82, 2.24) is 10.3 Å². The summed E-state index contributed by atoms with van der Waals surface area (Å²) in [5.74, 6) is 2.19. The van der Waals surface area contributed by atoms with Crippen molar-refractivity contribution >= 4 is 22.4 Å². The maximum atomic E-state index is 12.2. The Bertz CT molecular complexity index is 1400. The Labute approximate surface area is 246 Å². The molecule has 1 aromatic heterocycles. The molecule has 1 amide bonds. The summed E-state index contributed by atoms with van der Waals surface area (Å²) in [4.78, 5) is 18.5. The number of ether oxygens (including phenoxy) is 1. The molecule has 1 N–H and O–H groups in total. The van der Waals surface area contributed by atoms with Crippen LogP contribution in [-0.2, 0) is 15.6 Å². The van der Waals surface area contributed by atoms with Gasteiger partial charge in [0.1, 0.15) is 23.2 Å². The number of rotatable bonds is 7. The Hall–Kier alpha value is -3.78. The molecule has 3 aliphatic rings. The van der Waals surface area contributed by atoms with Gasteiger partial charge in [0.25, 0.3) is 0 Å². The molecule has 0 spiro atoms. The van der Waals surface area contributed by atoms with Crippen LogP contribution < -0.4 is 15.0 Å². The number of benzene rings is 2. The van der Waals surface area contributed by atoms with Crippen LogP contribution in [0.3, 0.4) is 0 Å². The number of carbonyl (C=O) groups is 1. The lowest BCUT2D eigenvalue weighted by Gasteiger charge is -2.28. The van der Waals surface area contributed by atoms with Gasteiger partial charge in [-0.15, -0.1) is 0 Å². The van der Waals surface area contributed by atoms with Crippen LogP contribution in [0.5, 0.6) is 5.75 Å². The summed E-state index contributed by atoms with van der Waals surface area (Å²) in [5.41, 5.74) is 2.89. The van der Waals surface area contributed by atoms with Crippen LogP contribution in [0.25, 0.3) is 22.7 Å². The molecule has 8 nitrogen and oxygen atoms in total. The summed E-state index contributed by atoms with van der Waals surface area (Å²) in [7, 11) is -0.698. The largest absolute Gasteiger partial charge is 0.444 e. The molecule has 0 atom stereocenters. The number of anilines is 1. The first kappa shape index (κ1) is 29.7. The zero-order valence-corrected chi connectivity index (χ0v) is 24.1. The predicted molar refractivity (Wildman–Crippen MR) is 156 cm³/mol. The average molecular weight is 597 g/mol. The second-order valence-electron chi connectivity index (χ2n) is 10.8. The molecule has 6 rings (SSSR count). The van der Waals surface area contributed by atoms with Crippen LogP contribution in [0, 0.1) is 17.2 Å². The Morgan fingerprint density at radius 1 is 1.05 bits per heavy atom. The maximum absolute atomic E-state index is 12.2. The lowest BCUT2D eigenvalue weighted by molar-refractivity contribution is -0.126. The first-order valence-electron chi connectivity index (χ1n) is 14.3. The van der Waals surface area contributed by atoms with Gasteiger partial charge in [0.15, 0.2) is 0 Å². The third kappa shape index (κ3) is 7.73. The Morgan fingerprint density at radius 3 is 2.29 bits per heavy atom. The number of nitriles is 1. The minimum atomic E-state index is -2.85. The van der Waals surface area contributed by atoms with Crippen molar-refractivity contribution in [3.63, 3.8) is 0 Å². The van der Waals surface area contributed by atoms with Crippen LogP contribution in [0.4, 0.5) is 14.5 Å². The van der Waals surface area contributed by atoms with E-state index in [1.54, 1.807) is 18.4 Å². The van der Waals surface area contributed by atoms with Gasteiger partial charge in [-0.3, -0.25) is 9.00 Å². The third-order valence-corrected chi connectivity index (χ3v) is 9.11. The summed E-state index contributed by atoms with van der Waals surface area (Å²) in [6.07, 6.45) is 8.84. The minimum Gasteiger partial charge on any atom is -0.444 e. The van der Waals surface area contributed by atoms with Crippen LogP contribution in [-0.4, -0.2) is 51.8 Å². The van der Waals surface area contributed by atoms with Crippen molar-refractivity contribution in [2.45, 2.75) is 57.1 Å². The molecule has 0 bridgehead atoms. The molecule has 42 heavy (non-hydrogen) atoms. The zero-order chi connectivity index (χ0) is 29.5. The van der Waals surface area contributed by atoms with Crippen molar-refractivity contribution < 1.29 is 26.9 Å². The van der Waals surface area contributed by atoms with Crippen molar-refractivity contribution in [3.8, 4) is 34.5 Å². The van der Waals surface area contributed by atoms with Gasteiger partial charge in [-0.05, 0) is 62.1 Å². The van der Waals surface area contributed by atoms with Gasteiger partial charge in [0, 0.05) is 58.1 Å². The lowest BCUT2D eigenvalue weighted by atomic mass is 9.88. The van der Waals surface area contributed by atoms with Crippen LogP contribution >= 0.6 is 0 Å². The van der Waals surface area contributed by atoms with Gasteiger partial charge in [-0.2, -0.15) is 14.0 Å². The number of carbonyl (C=O) groups excluding carboxylic acids is 1. The van der Waals surface area contributed by atoms with E-state index in [9.17, 15) is 17.8 Å². The summed E-state index contributed by atoms with van der Waals surface area (Å²) in [6.45, 7) is -1.26. The SMILES string of the molecule is N#CC1(NC(=O)C2CCCCC2)CC1.O=S1CCN(c2ccc(-c3coc(-c4ccc(OC(F)F)cc4)n3)cc2)CC1. The third-order valence-electron chi connectivity index (χ3n) is 7.84. The van der Waals surface area contributed by atoms with Crippen LogP contribution in [0.1, 0.15) is 44.9 Å². The molecule has 11 heteroatoms. The second-order valence-corrected chi connectivity index (χ2v) is 12.5. The number of amides is 1. The van der Waals surface area contributed by atoms with Crippen LogP contribution in [0.2, 0.25) is 0 Å². The highest BCUT2D eigenvalue weighted by molar-refractivity contribution is 7.85. The van der Waals surface area contributed by atoms with Crippen molar-refractivity contribution in [1.29, 1.82) is 5.26 Å². The molecular weight excluding hydrogens is 562 g/mol. The monoisotopic (exact) mass is 596 g/mol. The van der Waals surface area contributed by atoms with E-state index in [2.05, 4.69) is 26.0 Å². The highest BCUT2D eigenvalue weighted by Crippen LogP contribution is 2.35. The summed E-state index contributed by atoms with van der Waals surface area (Å²) in [5, 5.41) is 11.7. The standard InChI is InChI=1S/C20H18F2N2O3S.C11H16N2O/c21-20(22)27-17-7-3-15(4-8-17)19-23-18(13-26-19)14-1-5-16(6-2-14)24-9-11-28(25)12-10-24;12-8-11(6-7-11)13-10(14)9-4-2-1-3-5-9/h1-8,13,20H,9-12H2;9H,1-7H2,(H,13,14). The number of alkyl halides is 2. The number of hydrogen-bond donors (Lipinski definition) is 1. The minimum absolute atomic E-state index is 0.0858. The van der Waals surface area contributed by atoms with E-state index in [0.29, 0.717) is 28.7 Å². The number of oxazole rings is 1. The van der Waals surface area contributed by atoms with Gasteiger partial charge >= 0.3 is 6.61 Å². The Morgan fingerprint density at radius 2 is 1.69 bits per heavy atom. The maximum Gasteiger partial charge on any atom is 0.387 e. The molecule has 2 aliphatic carbocycles. The zero-order valence-electron chi connectivity index (χ0n) is 23.3.